The number of allylic oxidation sites excluding steroid dienone is 1. The lowest BCUT2D eigenvalue weighted by Gasteiger charge is -2.17. The van der Waals surface area contributed by atoms with E-state index in [1.807, 2.05) is 55.5 Å². The Hall–Kier alpha value is -3.35. The van der Waals surface area contributed by atoms with Gasteiger partial charge in [-0.15, -0.1) is 6.58 Å². The summed E-state index contributed by atoms with van der Waals surface area (Å²) in [7, 11) is -1.48. The first-order valence-electron chi connectivity index (χ1n) is 9.73. The van der Waals surface area contributed by atoms with Crippen LogP contribution in [0, 0.1) is 0 Å². The van der Waals surface area contributed by atoms with Gasteiger partial charge in [-0.1, -0.05) is 48.5 Å². The second kappa shape index (κ2) is 11.6. The summed E-state index contributed by atoms with van der Waals surface area (Å²) in [6.45, 7) is 8.24. The number of carbonyl (C=O) groups excluding carboxylic acids is 2. The van der Waals surface area contributed by atoms with E-state index < -0.39 is 19.3 Å². The number of nitrogens with zero attached hydrogens (tertiary/aromatic N) is 1. The van der Waals surface area contributed by atoms with E-state index in [0.717, 1.165) is 23.3 Å². The Morgan fingerprint density at radius 1 is 1.03 bits per heavy atom. The van der Waals surface area contributed by atoms with Crippen molar-refractivity contribution in [2.45, 2.75) is 39.7 Å². The molecule has 0 heterocycles. The van der Waals surface area contributed by atoms with Crippen molar-refractivity contribution in [1.29, 1.82) is 0 Å². The maximum Gasteiger partial charge on any atom is 0.868 e. The molecule has 0 spiro atoms. The third-order valence-electron chi connectivity index (χ3n) is 4.16. The van der Waals surface area contributed by atoms with Crippen molar-refractivity contribution in [3.8, 4) is 5.75 Å². The summed E-state index contributed by atoms with van der Waals surface area (Å²) in [5.74, 6) is -0.859. The van der Waals surface area contributed by atoms with Gasteiger partial charge in [-0.3, -0.25) is 14.6 Å². The third kappa shape index (κ3) is 7.24. The molecule has 0 radical (unpaired) electrons. The molecule has 0 aromatic heterocycles. The Bertz CT molecular complexity index is 881. The van der Waals surface area contributed by atoms with Crippen LogP contribution in [0.4, 0.5) is 0 Å². The Balaban J connectivity index is 2.39. The minimum Gasteiger partial charge on any atom is -0.489 e. The maximum atomic E-state index is 11.4. The van der Waals surface area contributed by atoms with Gasteiger partial charge in [-0.05, 0) is 37.5 Å². The topological polar surface area (TPSA) is 74.2 Å². The van der Waals surface area contributed by atoms with Crippen molar-refractivity contribution >= 4 is 25.0 Å². The van der Waals surface area contributed by atoms with Crippen LogP contribution in [0.25, 0.3) is 0 Å². The van der Waals surface area contributed by atoms with Gasteiger partial charge in [0.05, 0.1) is 6.04 Å². The van der Waals surface area contributed by atoms with E-state index in [1.54, 1.807) is 12.1 Å². The highest BCUT2D eigenvalue weighted by Crippen LogP contribution is 2.25. The lowest BCUT2D eigenvalue weighted by molar-refractivity contribution is -0.139. The lowest BCUT2D eigenvalue weighted by atomic mass is 10.0. The normalized spacial score (nSPS) is 11.9. The highest BCUT2D eigenvalue weighted by molar-refractivity contribution is 6.42. The smallest absolute Gasteiger partial charge is 0.489 e. The summed E-state index contributed by atoms with van der Waals surface area (Å²) in [5.41, 5.74) is 2.63. The largest absolute Gasteiger partial charge is 0.868 e. The van der Waals surface area contributed by atoms with Gasteiger partial charge in [0.15, 0.2) is 0 Å². The molecule has 7 heteroatoms. The van der Waals surface area contributed by atoms with Gasteiger partial charge in [0.1, 0.15) is 5.75 Å². The van der Waals surface area contributed by atoms with E-state index >= 15 is 0 Å². The van der Waals surface area contributed by atoms with Gasteiger partial charge in [0.25, 0.3) is 11.9 Å². The minimum atomic E-state index is -1.48. The Kier molecular flexibility index (Phi) is 8.87. The van der Waals surface area contributed by atoms with E-state index in [9.17, 15) is 9.59 Å². The van der Waals surface area contributed by atoms with E-state index in [-0.39, 0.29) is 6.04 Å². The monoisotopic (exact) mass is 407 g/mol. The molecule has 0 amide bonds. The molecule has 0 aliphatic carbocycles. The quantitative estimate of drug-likeness (QED) is 0.325. The zero-order valence-electron chi connectivity index (χ0n) is 17.5. The van der Waals surface area contributed by atoms with Crippen LogP contribution in [0.3, 0.4) is 0 Å². The fourth-order valence-corrected chi connectivity index (χ4v) is 2.80. The SMILES string of the molecule is C=CCCC(=N[C@H](C)c1ccccc1)c1ccccc1OB(OC(C)=O)OC(C)=O. The molecular weight excluding hydrogens is 381 g/mol. The summed E-state index contributed by atoms with van der Waals surface area (Å²) in [6.07, 6.45) is 3.20. The zero-order chi connectivity index (χ0) is 21.9. The molecule has 6 nitrogen and oxygen atoms in total. The molecule has 1 atom stereocenters. The number of benzene rings is 2. The van der Waals surface area contributed by atoms with E-state index in [4.69, 9.17) is 19.0 Å². The van der Waals surface area contributed by atoms with Crippen LogP contribution in [0.15, 0.2) is 72.2 Å². The molecule has 2 aromatic rings. The molecule has 0 fully saturated rings. The first kappa shape index (κ1) is 22.9. The van der Waals surface area contributed by atoms with Crippen LogP contribution in [0.1, 0.15) is 50.8 Å². The first-order valence-corrected chi connectivity index (χ1v) is 9.73. The molecule has 2 rings (SSSR count). The molecule has 0 aliphatic heterocycles. The average molecular weight is 407 g/mol. The Morgan fingerprint density at radius 2 is 1.63 bits per heavy atom. The maximum absolute atomic E-state index is 11.4. The zero-order valence-corrected chi connectivity index (χ0v) is 17.5. The van der Waals surface area contributed by atoms with Crippen LogP contribution in [0.2, 0.25) is 0 Å². The summed E-state index contributed by atoms with van der Waals surface area (Å²) in [5, 5.41) is 0. The van der Waals surface area contributed by atoms with Crippen LogP contribution in [-0.2, 0) is 18.9 Å². The van der Waals surface area contributed by atoms with E-state index in [1.165, 1.54) is 13.8 Å². The van der Waals surface area contributed by atoms with Gasteiger partial charge in [-0.25, -0.2) is 0 Å². The summed E-state index contributed by atoms with van der Waals surface area (Å²) < 4.78 is 15.7. The van der Waals surface area contributed by atoms with Gasteiger partial charge < -0.3 is 14.0 Å². The number of carbonyl (C=O) groups is 2. The van der Waals surface area contributed by atoms with Crippen LogP contribution < -0.4 is 4.65 Å². The number of hydrogen-bond donors (Lipinski definition) is 0. The van der Waals surface area contributed by atoms with Gasteiger partial charge in [0.2, 0.25) is 0 Å². The number of rotatable bonds is 10. The van der Waals surface area contributed by atoms with Crippen molar-refractivity contribution in [3.63, 3.8) is 0 Å². The second-order valence-electron chi connectivity index (χ2n) is 6.61. The van der Waals surface area contributed by atoms with Crippen molar-refractivity contribution in [2.75, 3.05) is 0 Å². The van der Waals surface area contributed by atoms with Crippen LogP contribution in [0.5, 0.6) is 5.75 Å². The van der Waals surface area contributed by atoms with Gasteiger partial charge >= 0.3 is 7.32 Å². The molecule has 0 saturated heterocycles. The van der Waals surface area contributed by atoms with Crippen molar-refractivity contribution < 1.29 is 23.6 Å². The predicted octanol–water partition coefficient (Wildman–Crippen LogP) is 4.69. The molecule has 30 heavy (non-hydrogen) atoms. The number of aliphatic imine (C=N–C) groups is 1. The minimum absolute atomic E-state index is 0.0724. The second-order valence-corrected chi connectivity index (χ2v) is 6.61. The van der Waals surface area contributed by atoms with Gasteiger partial charge in [-0.2, -0.15) is 0 Å². The highest BCUT2D eigenvalue weighted by Gasteiger charge is 2.33. The van der Waals surface area contributed by atoms with Crippen LogP contribution >= 0.6 is 0 Å². The third-order valence-corrected chi connectivity index (χ3v) is 4.16. The standard InChI is InChI=1S/C23H26BNO5/c1-5-6-15-22(25-17(2)20-12-8-7-9-13-20)21-14-10-11-16-23(21)30-24(28-18(3)26)29-19(4)27/h5,7-14,16-17H,1,6,15H2,2-4H3/t17-/m1/s1. The molecule has 0 aliphatic rings. The number of hydrogen-bond acceptors (Lipinski definition) is 6. The molecule has 156 valence electrons. The Morgan fingerprint density at radius 3 is 2.23 bits per heavy atom. The molecule has 0 saturated carbocycles. The summed E-state index contributed by atoms with van der Waals surface area (Å²) >= 11 is 0. The van der Waals surface area contributed by atoms with E-state index in [2.05, 4.69) is 6.58 Å². The predicted molar refractivity (Wildman–Crippen MR) is 117 cm³/mol. The summed E-state index contributed by atoms with van der Waals surface area (Å²) in [4.78, 5) is 27.6. The van der Waals surface area contributed by atoms with Gasteiger partial charge in [0, 0.05) is 25.1 Å². The lowest BCUT2D eigenvalue weighted by Crippen LogP contribution is -2.34. The van der Waals surface area contributed by atoms with Crippen molar-refractivity contribution in [1.82, 2.24) is 0 Å². The first-order chi connectivity index (χ1) is 14.4. The van der Waals surface area contributed by atoms with Crippen LogP contribution in [-0.4, -0.2) is 25.0 Å². The molecule has 2 aromatic carbocycles. The molecule has 0 unspecified atom stereocenters. The molecular formula is C23H26BNO5. The fraction of sp³-hybridized carbons (Fsp3) is 0.261. The Labute approximate surface area is 177 Å². The highest BCUT2D eigenvalue weighted by atomic mass is 16.8. The van der Waals surface area contributed by atoms with Crippen molar-refractivity contribution in [3.05, 3.63) is 78.4 Å². The van der Waals surface area contributed by atoms with E-state index in [0.29, 0.717) is 12.2 Å². The summed E-state index contributed by atoms with van der Waals surface area (Å²) in [6, 6.07) is 17.1. The van der Waals surface area contributed by atoms with Crippen molar-refractivity contribution in [2.24, 2.45) is 4.99 Å². The average Bonchev–Trinajstić information content (AvgIpc) is 2.71. The molecule has 0 N–H and O–H groups in total. The fourth-order valence-electron chi connectivity index (χ4n) is 2.80. The number of para-hydroxylation sites is 1. The molecule has 0 bridgehead atoms.